The molecule has 5 saturated carbocycles. The Morgan fingerprint density at radius 3 is 1.97 bits per heavy atom. The van der Waals surface area contributed by atoms with Gasteiger partial charge in [0.05, 0.1) is 11.5 Å². The lowest BCUT2D eigenvalue weighted by atomic mass is 9.30. The predicted octanol–water partition coefficient (Wildman–Crippen LogP) is 7.31. The Labute approximate surface area is 202 Å². The zero-order chi connectivity index (χ0) is 24.2. The molecule has 5 aliphatic rings. The van der Waals surface area contributed by atoms with E-state index in [4.69, 9.17) is 0 Å². The Kier molecular flexibility index (Phi) is 5.13. The second kappa shape index (κ2) is 7.01. The van der Waals surface area contributed by atoms with Gasteiger partial charge >= 0.3 is 5.97 Å². The Hall–Kier alpha value is -0.570. The molecule has 0 spiro atoms. The molecule has 0 aromatic heterocycles. The minimum atomic E-state index is -0.510. The van der Waals surface area contributed by atoms with Crippen molar-refractivity contribution in [1.82, 2.24) is 0 Å². The van der Waals surface area contributed by atoms with Crippen molar-refractivity contribution in [3.63, 3.8) is 0 Å². The average molecular weight is 459 g/mol. The second-order valence-corrected chi connectivity index (χ2v) is 15.3. The molecular formula is C30H50O3. The topological polar surface area (TPSA) is 57.5 Å². The monoisotopic (exact) mass is 458 g/mol. The van der Waals surface area contributed by atoms with Crippen molar-refractivity contribution in [1.29, 1.82) is 0 Å². The quantitative estimate of drug-likeness (QED) is 0.433. The third-order valence-corrected chi connectivity index (χ3v) is 13.9. The third-order valence-electron chi connectivity index (χ3n) is 13.9. The normalized spacial score (nSPS) is 57.8. The summed E-state index contributed by atoms with van der Waals surface area (Å²) in [5, 5.41) is 21.3. The van der Waals surface area contributed by atoms with Gasteiger partial charge in [0.1, 0.15) is 0 Å². The minimum Gasteiger partial charge on any atom is -0.481 e. The summed E-state index contributed by atoms with van der Waals surface area (Å²) in [5.74, 6) is 1.50. The van der Waals surface area contributed by atoms with Crippen molar-refractivity contribution < 1.29 is 15.0 Å². The van der Waals surface area contributed by atoms with Gasteiger partial charge in [-0.2, -0.15) is 0 Å². The molecule has 2 N–H and O–H groups in total. The van der Waals surface area contributed by atoms with Gasteiger partial charge in [-0.15, -0.1) is 0 Å². The van der Waals surface area contributed by atoms with Crippen molar-refractivity contribution in [2.24, 2.45) is 56.2 Å². The number of hydrogen-bond acceptors (Lipinski definition) is 2. The number of aliphatic hydroxyl groups excluding tert-OH is 1. The van der Waals surface area contributed by atoms with Crippen LogP contribution in [0.3, 0.4) is 0 Å². The molecule has 0 bridgehead atoms. The number of carboxylic acid groups (broad SMARTS) is 1. The van der Waals surface area contributed by atoms with Gasteiger partial charge in [0.25, 0.3) is 0 Å². The van der Waals surface area contributed by atoms with Gasteiger partial charge in [-0.25, -0.2) is 0 Å². The lowest BCUT2D eigenvalue weighted by molar-refractivity contribution is -0.265. The van der Waals surface area contributed by atoms with Crippen molar-refractivity contribution in [3.8, 4) is 0 Å². The number of aliphatic carboxylic acids is 1. The highest BCUT2D eigenvalue weighted by atomic mass is 16.4. The SMILES string of the molecule is C[C@H]1[C@H](O)CC[C@@H]2[C@]1(C)CC[C@H]1[C@@]2(C)CC[C@@]2(C)[C@@H]3CC(C)(C)CC[C@]3(C(=O)O)CC[C@]12C. The van der Waals surface area contributed by atoms with Crippen LogP contribution in [-0.4, -0.2) is 22.3 Å². The fourth-order valence-corrected chi connectivity index (χ4v) is 11.4. The maximum Gasteiger partial charge on any atom is 0.309 e. The molecule has 3 nitrogen and oxygen atoms in total. The van der Waals surface area contributed by atoms with Crippen LogP contribution in [0, 0.1) is 56.2 Å². The first kappa shape index (κ1) is 24.1. The molecule has 188 valence electrons. The second-order valence-electron chi connectivity index (χ2n) is 15.3. The molecule has 0 radical (unpaired) electrons. The Morgan fingerprint density at radius 2 is 1.30 bits per heavy atom. The van der Waals surface area contributed by atoms with E-state index >= 15 is 0 Å². The van der Waals surface area contributed by atoms with E-state index in [0.717, 1.165) is 44.9 Å². The van der Waals surface area contributed by atoms with E-state index in [9.17, 15) is 15.0 Å². The summed E-state index contributed by atoms with van der Waals surface area (Å²) in [6.45, 7) is 17.3. The van der Waals surface area contributed by atoms with Crippen LogP contribution in [0.1, 0.15) is 119 Å². The first-order chi connectivity index (χ1) is 15.2. The number of rotatable bonds is 1. The number of carbonyl (C=O) groups is 1. The molecule has 3 heteroatoms. The van der Waals surface area contributed by atoms with Crippen molar-refractivity contribution in [2.75, 3.05) is 0 Å². The molecule has 0 heterocycles. The van der Waals surface area contributed by atoms with Crippen molar-refractivity contribution in [2.45, 2.75) is 125 Å². The Bertz CT molecular complexity index is 834. The van der Waals surface area contributed by atoms with Crippen LogP contribution in [0.2, 0.25) is 0 Å². The average Bonchev–Trinajstić information content (AvgIpc) is 2.73. The summed E-state index contributed by atoms with van der Waals surface area (Å²) in [4.78, 5) is 12.9. The summed E-state index contributed by atoms with van der Waals surface area (Å²) in [7, 11) is 0. The van der Waals surface area contributed by atoms with Gasteiger partial charge in [-0.3, -0.25) is 4.79 Å². The molecule has 0 unspecified atom stereocenters. The summed E-state index contributed by atoms with van der Waals surface area (Å²) >= 11 is 0. The molecule has 0 saturated heterocycles. The largest absolute Gasteiger partial charge is 0.481 e. The zero-order valence-corrected chi connectivity index (χ0v) is 22.5. The van der Waals surface area contributed by atoms with Gasteiger partial charge in [0.2, 0.25) is 0 Å². The van der Waals surface area contributed by atoms with Crippen LogP contribution in [0.25, 0.3) is 0 Å². The van der Waals surface area contributed by atoms with E-state index in [0.29, 0.717) is 23.2 Å². The van der Waals surface area contributed by atoms with Gasteiger partial charge < -0.3 is 10.2 Å². The molecule has 0 aromatic carbocycles. The molecule has 0 amide bonds. The smallest absolute Gasteiger partial charge is 0.309 e. The first-order valence-electron chi connectivity index (χ1n) is 14.1. The van der Waals surface area contributed by atoms with Crippen LogP contribution in [0.4, 0.5) is 0 Å². The van der Waals surface area contributed by atoms with Crippen LogP contribution >= 0.6 is 0 Å². The van der Waals surface area contributed by atoms with E-state index in [1.807, 2.05) is 0 Å². The van der Waals surface area contributed by atoms with E-state index in [1.54, 1.807) is 0 Å². The maximum absolute atomic E-state index is 12.9. The number of aliphatic hydroxyl groups is 1. The molecule has 33 heavy (non-hydrogen) atoms. The summed E-state index contributed by atoms with van der Waals surface area (Å²) in [6, 6.07) is 0. The summed E-state index contributed by atoms with van der Waals surface area (Å²) in [6.07, 6.45) is 11.8. The highest BCUT2D eigenvalue weighted by Crippen LogP contribution is 2.78. The number of fused-ring (bicyclic) bond motifs is 7. The standard InChI is InChI=1S/C30H50O3/c1-19-20(31)8-9-21-26(19,4)11-10-22-27(21,5)13-14-29(7)23-18-25(2,3)12-16-30(23,24(32)33)17-15-28(22,29)6/h19-23,31H,8-18H2,1-7H3,(H,32,33)/t19-,20+,21+,22-,23-,26+,27-,28+,29-,30-/m0/s1. The van der Waals surface area contributed by atoms with Gasteiger partial charge in [-0.05, 0) is 121 Å². The zero-order valence-electron chi connectivity index (χ0n) is 22.5. The van der Waals surface area contributed by atoms with Gasteiger partial charge in [0.15, 0.2) is 0 Å². The molecule has 10 atom stereocenters. The van der Waals surface area contributed by atoms with E-state index < -0.39 is 11.4 Å². The van der Waals surface area contributed by atoms with Crippen LogP contribution in [0.5, 0.6) is 0 Å². The molecule has 0 aliphatic heterocycles. The van der Waals surface area contributed by atoms with Gasteiger partial charge in [-0.1, -0.05) is 48.5 Å². The lowest BCUT2D eigenvalue weighted by Crippen LogP contribution is -2.69. The van der Waals surface area contributed by atoms with Crippen LogP contribution in [-0.2, 0) is 4.79 Å². The fourth-order valence-electron chi connectivity index (χ4n) is 11.4. The molecular weight excluding hydrogens is 408 g/mol. The van der Waals surface area contributed by atoms with Crippen LogP contribution in [0.15, 0.2) is 0 Å². The van der Waals surface area contributed by atoms with E-state index in [1.165, 1.54) is 25.7 Å². The lowest BCUT2D eigenvalue weighted by Gasteiger charge is -2.74. The highest BCUT2D eigenvalue weighted by Gasteiger charge is 2.72. The minimum absolute atomic E-state index is 0.0963. The predicted molar refractivity (Wildman–Crippen MR) is 133 cm³/mol. The third kappa shape index (κ3) is 2.87. The molecule has 5 aliphatic carbocycles. The summed E-state index contributed by atoms with van der Waals surface area (Å²) < 4.78 is 0. The van der Waals surface area contributed by atoms with Gasteiger partial charge in [0, 0.05) is 0 Å². The Morgan fingerprint density at radius 1 is 0.697 bits per heavy atom. The number of hydrogen-bond donors (Lipinski definition) is 2. The number of carboxylic acids is 1. The summed E-state index contributed by atoms with van der Waals surface area (Å²) in [5.41, 5.74) is 0.578. The maximum atomic E-state index is 12.9. The fraction of sp³-hybridized carbons (Fsp3) is 0.967. The first-order valence-corrected chi connectivity index (χ1v) is 14.1. The highest BCUT2D eigenvalue weighted by molar-refractivity contribution is 5.76. The van der Waals surface area contributed by atoms with E-state index in [2.05, 4.69) is 48.5 Å². The molecule has 5 rings (SSSR count). The molecule has 5 fully saturated rings. The Balaban J connectivity index is 1.57. The van der Waals surface area contributed by atoms with Crippen molar-refractivity contribution >= 4 is 5.97 Å². The molecule has 0 aromatic rings. The van der Waals surface area contributed by atoms with Crippen LogP contribution < -0.4 is 0 Å². The van der Waals surface area contributed by atoms with Crippen molar-refractivity contribution in [3.05, 3.63) is 0 Å². The van der Waals surface area contributed by atoms with E-state index in [-0.39, 0.29) is 33.7 Å².